The van der Waals surface area contributed by atoms with Gasteiger partial charge in [-0.3, -0.25) is 0 Å². The molecule has 2 N–H and O–H groups in total. The minimum atomic E-state index is -1.39. The first-order valence-corrected chi connectivity index (χ1v) is 11.7. The summed E-state index contributed by atoms with van der Waals surface area (Å²) in [7, 11) is 0. The molecule has 0 bridgehead atoms. The first-order valence-electron chi connectivity index (χ1n) is 11.7. The smallest absolute Gasteiger partial charge is 0.344 e. The summed E-state index contributed by atoms with van der Waals surface area (Å²) in [4.78, 5) is 39.2. The number of benzene rings is 3. The van der Waals surface area contributed by atoms with Crippen molar-refractivity contribution in [2.24, 2.45) is 0 Å². The maximum atomic E-state index is 13.3. The van der Waals surface area contributed by atoms with Crippen LogP contribution in [0.5, 0.6) is 11.5 Å². The van der Waals surface area contributed by atoms with Gasteiger partial charge in [-0.1, -0.05) is 55.5 Å². The summed E-state index contributed by atoms with van der Waals surface area (Å²) in [5, 5.41) is 23.1. The predicted octanol–water partition coefficient (Wildman–Crippen LogP) is 5.06. The van der Waals surface area contributed by atoms with E-state index in [-0.39, 0.29) is 50.8 Å². The van der Waals surface area contributed by atoms with Crippen LogP contribution in [0.4, 0.5) is 0 Å². The number of ether oxygens (including phenoxy) is 1. The molecule has 186 valence electrons. The molecule has 8 heteroatoms. The molecule has 0 radical (unpaired) electrons. The lowest BCUT2D eigenvalue weighted by molar-refractivity contribution is 0.0503. The van der Waals surface area contributed by atoms with Crippen molar-refractivity contribution in [1.29, 1.82) is 0 Å². The quantitative estimate of drug-likeness (QED) is 0.246. The summed E-state index contributed by atoms with van der Waals surface area (Å²) in [6, 6.07) is 19.0. The van der Waals surface area contributed by atoms with Crippen LogP contribution in [0, 0.1) is 0 Å². The standard InChI is InChI=1S/C29H22O8/c1-2-15-35-27(32)18-11-5-3-9-16(18)22(23-24(30)20-13-7-8-14-21(20)36-29(23)34)26-25(31)17-10-4-6-12-19(17)28(33)37-26/h3-14,22,30-31H,2,15H2,1H3. The fraction of sp³-hybridized carbons (Fsp3) is 0.138. The van der Waals surface area contributed by atoms with Gasteiger partial charge in [-0.2, -0.15) is 0 Å². The van der Waals surface area contributed by atoms with Gasteiger partial charge in [-0.15, -0.1) is 0 Å². The fourth-order valence-electron chi connectivity index (χ4n) is 4.44. The van der Waals surface area contributed by atoms with Gasteiger partial charge in [0.25, 0.3) is 0 Å². The van der Waals surface area contributed by atoms with Gasteiger partial charge < -0.3 is 23.8 Å². The van der Waals surface area contributed by atoms with Crippen LogP contribution in [0.2, 0.25) is 0 Å². The Morgan fingerprint density at radius 1 is 0.811 bits per heavy atom. The summed E-state index contributed by atoms with van der Waals surface area (Å²) in [5.74, 6) is -3.22. The van der Waals surface area contributed by atoms with E-state index >= 15 is 0 Å². The molecule has 0 aliphatic rings. The fourth-order valence-corrected chi connectivity index (χ4v) is 4.44. The van der Waals surface area contributed by atoms with Crippen LogP contribution >= 0.6 is 0 Å². The zero-order chi connectivity index (χ0) is 26.1. The van der Waals surface area contributed by atoms with E-state index in [0.29, 0.717) is 6.42 Å². The SMILES string of the molecule is CCCOC(=O)c1ccccc1C(c1oc(=O)c2ccccc2c1O)c1c(O)c2ccccc2oc1=O. The van der Waals surface area contributed by atoms with Crippen molar-refractivity contribution in [2.75, 3.05) is 6.61 Å². The van der Waals surface area contributed by atoms with Crippen molar-refractivity contribution < 1.29 is 28.6 Å². The Balaban J connectivity index is 1.88. The van der Waals surface area contributed by atoms with Crippen LogP contribution in [0.25, 0.3) is 21.7 Å². The Bertz CT molecular complexity index is 1760. The molecule has 0 fully saturated rings. The van der Waals surface area contributed by atoms with E-state index < -0.39 is 34.6 Å². The molecule has 1 atom stereocenters. The zero-order valence-electron chi connectivity index (χ0n) is 19.8. The largest absolute Gasteiger partial charge is 0.507 e. The van der Waals surface area contributed by atoms with Crippen molar-refractivity contribution in [3.8, 4) is 11.5 Å². The van der Waals surface area contributed by atoms with Crippen LogP contribution in [0.15, 0.2) is 91.2 Å². The number of hydrogen-bond acceptors (Lipinski definition) is 8. The number of esters is 1. The minimum absolute atomic E-state index is 0.0723. The number of carbonyl (C=O) groups excluding carboxylic acids is 1. The summed E-state index contributed by atoms with van der Waals surface area (Å²) < 4.78 is 16.4. The molecular weight excluding hydrogens is 476 g/mol. The van der Waals surface area contributed by atoms with Crippen molar-refractivity contribution >= 4 is 27.7 Å². The second kappa shape index (κ2) is 9.66. The number of aromatic hydroxyl groups is 2. The second-order valence-electron chi connectivity index (χ2n) is 8.45. The Morgan fingerprint density at radius 3 is 2.22 bits per heavy atom. The van der Waals surface area contributed by atoms with Gasteiger partial charge in [-0.05, 0) is 36.2 Å². The maximum absolute atomic E-state index is 13.3. The van der Waals surface area contributed by atoms with Crippen LogP contribution in [-0.4, -0.2) is 22.8 Å². The molecule has 3 aromatic carbocycles. The highest BCUT2D eigenvalue weighted by Gasteiger charge is 2.34. The predicted molar refractivity (Wildman–Crippen MR) is 136 cm³/mol. The molecule has 0 aliphatic carbocycles. The highest BCUT2D eigenvalue weighted by Crippen LogP contribution is 2.43. The first-order chi connectivity index (χ1) is 17.9. The van der Waals surface area contributed by atoms with Gasteiger partial charge in [0, 0.05) is 5.39 Å². The summed E-state index contributed by atoms with van der Waals surface area (Å²) >= 11 is 0. The number of fused-ring (bicyclic) bond motifs is 2. The molecule has 0 amide bonds. The number of rotatable bonds is 6. The van der Waals surface area contributed by atoms with Crippen molar-refractivity contribution in [3.05, 3.63) is 116 Å². The molecule has 0 saturated carbocycles. The number of hydrogen-bond donors (Lipinski definition) is 2. The van der Waals surface area contributed by atoms with Gasteiger partial charge in [0.05, 0.1) is 34.4 Å². The highest BCUT2D eigenvalue weighted by molar-refractivity contribution is 5.93. The van der Waals surface area contributed by atoms with Crippen molar-refractivity contribution in [2.45, 2.75) is 19.3 Å². The van der Waals surface area contributed by atoms with Gasteiger partial charge in [0.2, 0.25) is 0 Å². The van der Waals surface area contributed by atoms with E-state index in [1.54, 1.807) is 42.5 Å². The number of carbonyl (C=O) groups is 1. The average molecular weight is 498 g/mol. The third kappa shape index (κ3) is 4.12. The van der Waals surface area contributed by atoms with Gasteiger partial charge >= 0.3 is 17.2 Å². The van der Waals surface area contributed by atoms with E-state index in [1.165, 1.54) is 30.3 Å². The molecule has 0 saturated heterocycles. The second-order valence-corrected chi connectivity index (χ2v) is 8.45. The van der Waals surface area contributed by atoms with E-state index in [0.717, 1.165) is 0 Å². The average Bonchev–Trinajstić information content (AvgIpc) is 2.92. The highest BCUT2D eigenvalue weighted by atomic mass is 16.5. The Labute approximate surface area is 210 Å². The van der Waals surface area contributed by atoms with Gasteiger partial charge in [-0.25, -0.2) is 14.4 Å². The Morgan fingerprint density at radius 2 is 1.46 bits per heavy atom. The molecule has 5 rings (SSSR count). The minimum Gasteiger partial charge on any atom is -0.507 e. The monoisotopic (exact) mass is 498 g/mol. The third-order valence-electron chi connectivity index (χ3n) is 6.14. The summed E-state index contributed by atoms with van der Waals surface area (Å²) in [6.45, 7) is 2.01. The molecule has 1 unspecified atom stereocenters. The van der Waals surface area contributed by atoms with E-state index in [2.05, 4.69) is 0 Å². The van der Waals surface area contributed by atoms with Crippen molar-refractivity contribution in [3.63, 3.8) is 0 Å². The third-order valence-corrected chi connectivity index (χ3v) is 6.14. The van der Waals surface area contributed by atoms with Crippen LogP contribution in [-0.2, 0) is 4.74 Å². The van der Waals surface area contributed by atoms with Crippen LogP contribution in [0.3, 0.4) is 0 Å². The lowest BCUT2D eigenvalue weighted by atomic mass is 9.85. The van der Waals surface area contributed by atoms with Gasteiger partial charge in [0.1, 0.15) is 11.3 Å². The first kappa shape index (κ1) is 23.9. The molecule has 2 aromatic heterocycles. The maximum Gasteiger partial charge on any atom is 0.344 e. The summed E-state index contributed by atoms with van der Waals surface area (Å²) in [6.07, 6.45) is 0.590. The lowest BCUT2D eigenvalue weighted by Crippen LogP contribution is -2.20. The molecule has 37 heavy (non-hydrogen) atoms. The van der Waals surface area contributed by atoms with Crippen LogP contribution < -0.4 is 11.3 Å². The van der Waals surface area contributed by atoms with Crippen molar-refractivity contribution in [1.82, 2.24) is 0 Å². The molecular formula is C29H22O8. The molecule has 8 nitrogen and oxygen atoms in total. The summed E-state index contributed by atoms with van der Waals surface area (Å²) in [5.41, 5.74) is -1.59. The molecule has 2 heterocycles. The van der Waals surface area contributed by atoms with Gasteiger partial charge in [0.15, 0.2) is 11.5 Å². The zero-order valence-corrected chi connectivity index (χ0v) is 19.8. The topological polar surface area (TPSA) is 127 Å². The molecule has 5 aromatic rings. The number of para-hydroxylation sites is 1. The Kier molecular flexibility index (Phi) is 6.23. The lowest BCUT2D eigenvalue weighted by Gasteiger charge is -2.21. The van der Waals surface area contributed by atoms with E-state index in [1.807, 2.05) is 6.92 Å². The molecule has 0 spiro atoms. The normalized spacial score (nSPS) is 12.0. The Hall–Kier alpha value is -4.85. The van der Waals surface area contributed by atoms with E-state index in [4.69, 9.17) is 13.6 Å². The molecule has 0 aliphatic heterocycles. The van der Waals surface area contributed by atoms with E-state index in [9.17, 15) is 24.6 Å². The van der Waals surface area contributed by atoms with Crippen LogP contribution in [0.1, 0.15) is 46.5 Å².